The van der Waals surface area contributed by atoms with Crippen molar-refractivity contribution in [3.05, 3.63) is 0 Å². The van der Waals surface area contributed by atoms with Crippen LogP contribution in [-0.2, 0) is 4.79 Å². The first-order valence-corrected chi connectivity index (χ1v) is 3.21. The van der Waals surface area contributed by atoms with Gasteiger partial charge in [-0.05, 0) is 14.0 Å². The summed E-state index contributed by atoms with van der Waals surface area (Å²) in [5, 5.41) is 8.28. The monoisotopic (exact) mass is 146 g/mol. The van der Waals surface area contributed by atoms with Crippen LogP contribution in [0.5, 0.6) is 0 Å². The number of aliphatic carboxylic acids is 1. The Labute approximate surface area is 60.6 Å². The first-order chi connectivity index (χ1) is 4.54. The van der Waals surface area contributed by atoms with E-state index in [1.165, 1.54) is 0 Å². The van der Waals surface area contributed by atoms with Gasteiger partial charge in [-0.1, -0.05) is 0 Å². The van der Waals surface area contributed by atoms with Crippen LogP contribution in [-0.4, -0.2) is 35.7 Å². The zero-order chi connectivity index (χ0) is 8.15. The Balaban J connectivity index is 3.39. The van der Waals surface area contributed by atoms with Crippen LogP contribution in [0.1, 0.15) is 13.3 Å². The van der Waals surface area contributed by atoms with Gasteiger partial charge >= 0.3 is 5.97 Å². The van der Waals surface area contributed by atoms with Gasteiger partial charge in [0.05, 0.1) is 12.6 Å². The summed E-state index contributed by atoms with van der Waals surface area (Å²) in [6.45, 7) is 2.33. The van der Waals surface area contributed by atoms with Gasteiger partial charge in [-0.25, -0.2) is 0 Å². The molecule has 3 N–H and O–H groups in total. The van der Waals surface area contributed by atoms with E-state index in [4.69, 9.17) is 10.8 Å². The lowest BCUT2D eigenvalue weighted by atomic mass is 10.4. The Hall–Kier alpha value is -0.610. The van der Waals surface area contributed by atoms with Crippen LogP contribution in [0.25, 0.3) is 0 Å². The molecule has 0 aromatic carbocycles. The lowest BCUT2D eigenvalue weighted by Crippen LogP contribution is -2.37. The van der Waals surface area contributed by atoms with E-state index in [1.54, 1.807) is 11.9 Å². The van der Waals surface area contributed by atoms with Gasteiger partial charge in [0.15, 0.2) is 0 Å². The van der Waals surface area contributed by atoms with Crippen molar-refractivity contribution in [3.8, 4) is 0 Å². The van der Waals surface area contributed by atoms with Crippen LogP contribution >= 0.6 is 0 Å². The number of carbonyl (C=O) groups is 1. The molecule has 1 unspecified atom stereocenters. The number of nitrogens with zero attached hydrogens (tertiary/aromatic N) is 1. The number of nitrogens with two attached hydrogens (primary N) is 1. The number of hydrogen-bond donors (Lipinski definition) is 2. The van der Waals surface area contributed by atoms with Gasteiger partial charge in [-0.3, -0.25) is 9.69 Å². The van der Waals surface area contributed by atoms with Crippen LogP contribution in [0.2, 0.25) is 0 Å². The highest BCUT2D eigenvalue weighted by Crippen LogP contribution is 1.89. The van der Waals surface area contributed by atoms with Crippen molar-refractivity contribution in [2.75, 3.05) is 13.6 Å². The highest BCUT2D eigenvalue weighted by Gasteiger charge is 2.04. The molecule has 10 heavy (non-hydrogen) atoms. The van der Waals surface area contributed by atoms with Crippen molar-refractivity contribution in [2.45, 2.75) is 19.5 Å². The third-order valence-electron chi connectivity index (χ3n) is 1.37. The molecular formula is C6H14N2O2. The van der Waals surface area contributed by atoms with Crippen molar-refractivity contribution >= 4 is 5.97 Å². The minimum atomic E-state index is -0.785. The third-order valence-corrected chi connectivity index (χ3v) is 1.37. The van der Waals surface area contributed by atoms with Gasteiger partial charge in [-0.15, -0.1) is 0 Å². The molecule has 0 aromatic heterocycles. The highest BCUT2D eigenvalue weighted by atomic mass is 16.4. The molecule has 0 rings (SSSR count). The second kappa shape index (κ2) is 4.24. The maximum atomic E-state index is 10.1. The molecule has 0 aliphatic heterocycles. The van der Waals surface area contributed by atoms with Crippen LogP contribution in [0.3, 0.4) is 0 Å². The number of carboxylic acid groups (broad SMARTS) is 1. The summed E-state index contributed by atoms with van der Waals surface area (Å²) in [4.78, 5) is 11.8. The Morgan fingerprint density at radius 3 is 2.60 bits per heavy atom. The molecule has 60 valence electrons. The SMILES string of the molecule is CC(N)N(C)CCC(=O)O. The van der Waals surface area contributed by atoms with Gasteiger partial charge in [-0.2, -0.15) is 0 Å². The molecule has 4 heteroatoms. The maximum absolute atomic E-state index is 10.1. The molecule has 0 heterocycles. The molecule has 4 nitrogen and oxygen atoms in total. The van der Waals surface area contributed by atoms with Crippen molar-refractivity contribution < 1.29 is 9.90 Å². The molecule has 0 saturated carbocycles. The number of hydrogen-bond acceptors (Lipinski definition) is 3. The Morgan fingerprint density at radius 1 is 1.80 bits per heavy atom. The quantitative estimate of drug-likeness (QED) is 0.534. The second-order valence-corrected chi connectivity index (χ2v) is 2.36. The van der Waals surface area contributed by atoms with E-state index >= 15 is 0 Å². The van der Waals surface area contributed by atoms with Gasteiger partial charge in [0.25, 0.3) is 0 Å². The zero-order valence-corrected chi connectivity index (χ0v) is 6.37. The normalized spacial score (nSPS) is 13.6. The molecule has 1 atom stereocenters. The highest BCUT2D eigenvalue weighted by molar-refractivity contribution is 5.66. The van der Waals surface area contributed by atoms with E-state index in [0.717, 1.165) is 0 Å². The summed E-state index contributed by atoms with van der Waals surface area (Å²) < 4.78 is 0. The molecular weight excluding hydrogens is 132 g/mol. The van der Waals surface area contributed by atoms with Crippen molar-refractivity contribution in [1.82, 2.24) is 4.90 Å². The number of carboxylic acids is 1. The molecule has 0 aliphatic carbocycles. The molecule has 0 fully saturated rings. The minimum absolute atomic E-state index is 0.0700. The van der Waals surface area contributed by atoms with Gasteiger partial charge in [0.2, 0.25) is 0 Å². The Kier molecular flexibility index (Phi) is 3.99. The topological polar surface area (TPSA) is 66.6 Å². The summed E-state index contributed by atoms with van der Waals surface area (Å²) in [5.41, 5.74) is 5.46. The molecule has 0 spiro atoms. The molecule has 0 amide bonds. The predicted octanol–water partition coefficient (Wildman–Crippen LogP) is -0.302. The minimum Gasteiger partial charge on any atom is -0.481 e. The first kappa shape index (κ1) is 9.39. The van der Waals surface area contributed by atoms with E-state index in [-0.39, 0.29) is 12.6 Å². The summed E-state index contributed by atoms with van der Waals surface area (Å²) >= 11 is 0. The van der Waals surface area contributed by atoms with E-state index in [0.29, 0.717) is 6.54 Å². The van der Waals surface area contributed by atoms with E-state index in [1.807, 2.05) is 6.92 Å². The first-order valence-electron chi connectivity index (χ1n) is 3.21. The van der Waals surface area contributed by atoms with Crippen LogP contribution in [0, 0.1) is 0 Å². The summed E-state index contributed by atoms with van der Waals surface area (Å²) in [5.74, 6) is -0.785. The van der Waals surface area contributed by atoms with Gasteiger partial charge in [0, 0.05) is 6.54 Å². The molecule has 0 radical (unpaired) electrons. The molecule has 0 saturated heterocycles. The van der Waals surface area contributed by atoms with Crippen molar-refractivity contribution in [1.29, 1.82) is 0 Å². The summed E-state index contributed by atoms with van der Waals surface area (Å²) in [6.07, 6.45) is 0.0808. The van der Waals surface area contributed by atoms with Crippen molar-refractivity contribution in [3.63, 3.8) is 0 Å². The molecule has 0 bridgehead atoms. The summed E-state index contributed by atoms with van der Waals surface area (Å²) in [6, 6.07) is 0. The smallest absolute Gasteiger partial charge is 0.304 e. The average Bonchev–Trinajstić information content (AvgIpc) is 1.82. The van der Waals surface area contributed by atoms with E-state index in [9.17, 15) is 4.79 Å². The van der Waals surface area contributed by atoms with Crippen molar-refractivity contribution in [2.24, 2.45) is 5.73 Å². The standard InChI is InChI=1S/C6H14N2O2/c1-5(7)8(2)4-3-6(9)10/h5H,3-4,7H2,1-2H3,(H,9,10). The third kappa shape index (κ3) is 4.29. The molecule has 0 aliphatic rings. The fraction of sp³-hybridized carbons (Fsp3) is 0.833. The van der Waals surface area contributed by atoms with E-state index < -0.39 is 5.97 Å². The van der Waals surface area contributed by atoms with Crippen LogP contribution < -0.4 is 5.73 Å². The van der Waals surface area contributed by atoms with E-state index in [2.05, 4.69) is 0 Å². The van der Waals surface area contributed by atoms with Crippen LogP contribution in [0.15, 0.2) is 0 Å². The Morgan fingerprint density at radius 2 is 2.30 bits per heavy atom. The van der Waals surface area contributed by atoms with Crippen LogP contribution in [0.4, 0.5) is 0 Å². The van der Waals surface area contributed by atoms with Gasteiger partial charge < -0.3 is 10.8 Å². The fourth-order valence-electron chi connectivity index (χ4n) is 0.476. The lowest BCUT2D eigenvalue weighted by Gasteiger charge is -2.19. The zero-order valence-electron chi connectivity index (χ0n) is 6.37. The summed E-state index contributed by atoms with van der Waals surface area (Å²) in [7, 11) is 1.80. The molecule has 0 aromatic rings. The second-order valence-electron chi connectivity index (χ2n) is 2.36. The number of rotatable bonds is 4. The largest absolute Gasteiger partial charge is 0.481 e. The lowest BCUT2D eigenvalue weighted by molar-refractivity contribution is -0.137. The predicted molar refractivity (Wildman–Crippen MR) is 38.5 cm³/mol. The average molecular weight is 146 g/mol. The maximum Gasteiger partial charge on any atom is 0.304 e. The van der Waals surface area contributed by atoms with Gasteiger partial charge in [0.1, 0.15) is 0 Å². The fourth-order valence-corrected chi connectivity index (χ4v) is 0.476. The Bertz CT molecular complexity index is 114.